The molecule has 0 fully saturated rings. The summed E-state index contributed by atoms with van der Waals surface area (Å²) in [5, 5.41) is 0. The monoisotopic (exact) mass is 203 g/mol. The Morgan fingerprint density at radius 1 is 1.43 bits per heavy atom. The largest absolute Gasteiger partial charge is 0.317 e. The Bertz CT molecular complexity index is 314. The van der Waals surface area contributed by atoms with Crippen LogP contribution in [0, 0.1) is 5.82 Å². The Kier molecular flexibility index (Phi) is 3.16. The maximum Gasteiger partial charge on any atom is 0.260 e. The van der Waals surface area contributed by atoms with Crippen molar-refractivity contribution < 1.29 is 13.2 Å². The van der Waals surface area contributed by atoms with Crippen molar-refractivity contribution in [1.82, 2.24) is 0 Å². The number of hydrogen-bond acceptors (Lipinski definition) is 1. The van der Waals surface area contributed by atoms with Gasteiger partial charge in [-0.05, 0) is 24.1 Å². The number of hydrogen-bond donors (Lipinski definition) is 1. The summed E-state index contributed by atoms with van der Waals surface area (Å²) in [4.78, 5) is 0. The molecule has 1 nitrogen and oxygen atoms in total. The maximum absolute atomic E-state index is 12.8. The molecule has 0 bridgehead atoms. The minimum Gasteiger partial charge on any atom is -0.317 e. The van der Waals surface area contributed by atoms with Gasteiger partial charge in [0.05, 0.1) is 0 Å². The van der Waals surface area contributed by atoms with E-state index < -0.39 is 17.8 Å². The van der Waals surface area contributed by atoms with Crippen LogP contribution in [0.5, 0.6) is 0 Å². The zero-order chi connectivity index (χ0) is 10.8. The van der Waals surface area contributed by atoms with Crippen molar-refractivity contribution >= 4 is 0 Å². The van der Waals surface area contributed by atoms with E-state index in [1.807, 2.05) is 0 Å². The van der Waals surface area contributed by atoms with Gasteiger partial charge in [-0.2, -0.15) is 0 Å². The lowest BCUT2D eigenvalue weighted by Crippen LogP contribution is -2.43. The fourth-order valence-corrected chi connectivity index (χ4v) is 1.26. The Balaban J connectivity index is 3.12. The molecule has 0 aliphatic carbocycles. The van der Waals surface area contributed by atoms with Gasteiger partial charge in [-0.25, -0.2) is 13.2 Å². The third-order valence-corrected chi connectivity index (χ3v) is 2.34. The van der Waals surface area contributed by atoms with Crippen LogP contribution in [0.1, 0.15) is 18.9 Å². The van der Waals surface area contributed by atoms with Crippen molar-refractivity contribution in [3.05, 3.63) is 35.6 Å². The molecule has 78 valence electrons. The molecule has 1 rings (SSSR count). The Labute approximate surface area is 80.7 Å². The number of halogens is 3. The van der Waals surface area contributed by atoms with Crippen LogP contribution in [0.4, 0.5) is 13.2 Å². The Hall–Kier alpha value is -1.03. The van der Waals surface area contributed by atoms with Gasteiger partial charge in [0.1, 0.15) is 11.4 Å². The van der Waals surface area contributed by atoms with Crippen molar-refractivity contribution in [1.29, 1.82) is 0 Å². The summed E-state index contributed by atoms with van der Waals surface area (Å²) < 4.78 is 38.1. The molecule has 0 aliphatic heterocycles. The quantitative estimate of drug-likeness (QED) is 0.803. The van der Waals surface area contributed by atoms with Crippen LogP contribution in [0.15, 0.2) is 24.3 Å². The van der Waals surface area contributed by atoms with Gasteiger partial charge in [0.25, 0.3) is 6.43 Å². The van der Waals surface area contributed by atoms with Crippen LogP contribution in [-0.2, 0) is 5.54 Å². The van der Waals surface area contributed by atoms with Crippen molar-refractivity contribution in [2.75, 3.05) is 0 Å². The number of nitrogens with two attached hydrogens (primary N) is 1. The van der Waals surface area contributed by atoms with Gasteiger partial charge in [0.2, 0.25) is 0 Å². The molecular formula is C10H12F3N. The SMILES string of the molecule is CCC(N)(c1cccc(F)c1)C(F)F. The first-order valence-corrected chi connectivity index (χ1v) is 4.33. The Morgan fingerprint density at radius 2 is 2.07 bits per heavy atom. The first kappa shape index (κ1) is 11.0. The summed E-state index contributed by atoms with van der Waals surface area (Å²) >= 11 is 0. The molecular weight excluding hydrogens is 191 g/mol. The summed E-state index contributed by atoms with van der Waals surface area (Å²) in [6.07, 6.45) is -2.64. The second-order valence-electron chi connectivity index (χ2n) is 3.20. The third kappa shape index (κ3) is 1.90. The van der Waals surface area contributed by atoms with Crippen LogP contribution in [0.2, 0.25) is 0 Å². The zero-order valence-corrected chi connectivity index (χ0v) is 7.81. The van der Waals surface area contributed by atoms with Crippen LogP contribution in [0.25, 0.3) is 0 Å². The molecule has 0 saturated heterocycles. The normalized spacial score (nSPS) is 15.6. The van der Waals surface area contributed by atoms with E-state index in [0.29, 0.717) is 0 Å². The first-order valence-electron chi connectivity index (χ1n) is 4.33. The van der Waals surface area contributed by atoms with Crippen molar-refractivity contribution in [2.45, 2.75) is 25.3 Å². The molecule has 0 saturated carbocycles. The van der Waals surface area contributed by atoms with Crippen LogP contribution >= 0.6 is 0 Å². The summed E-state index contributed by atoms with van der Waals surface area (Å²) in [6, 6.07) is 5.05. The second-order valence-corrected chi connectivity index (χ2v) is 3.20. The smallest absolute Gasteiger partial charge is 0.260 e. The number of alkyl halides is 2. The van der Waals surface area contributed by atoms with E-state index in [1.54, 1.807) is 6.92 Å². The van der Waals surface area contributed by atoms with E-state index in [9.17, 15) is 13.2 Å². The summed E-state index contributed by atoms with van der Waals surface area (Å²) in [7, 11) is 0. The average Bonchev–Trinajstić information content (AvgIpc) is 2.16. The standard InChI is InChI=1S/C10H12F3N/c1-2-10(14,9(12)13)7-4-3-5-8(11)6-7/h3-6,9H,2,14H2,1H3. The van der Waals surface area contributed by atoms with E-state index in [0.717, 1.165) is 6.07 Å². The molecule has 1 aromatic rings. The molecule has 0 spiro atoms. The summed E-state index contributed by atoms with van der Waals surface area (Å²) in [5.41, 5.74) is 3.90. The predicted molar refractivity (Wildman–Crippen MR) is 48.6 cm³/mol. The highest BCUT2D eigenvalue weighted by atomic mass is 19.3. The van der Waals surface area contributed by atoms with Gasteiger partial charge in [-0.3, -0.25) is 0 Å². The zero-order valence-electron chi connectivity index (χ0n) is 7.81. The highest BCUT2D eigenvalue weighted by molar-refractivity contribution is 5.25. The lowest BCUT2D eigenvalue weighted by Gasteiger charge is -2.27. The molecule has 14 heavy (non-hydrogen) atoms. The van der Waals surface area contributed by atoms with Crippen LogP contribution < -0.4 is 5.73 Å². The lowest BCUT2D eigenvalue weighted by atomic mass is 9.89. The number of rotatable bonds is 3. The van der Waals surface area contributed by atoms with Crippen LogP contribution in [0.3, 0.4) is 0 Å². The summed E-state index contributed by atoms with van der Waals surface area (Å²) in [5.74, 6) is -0.550. The topological polar surface area (TPSA) is 26.0 Å². The maximum atomic E-state index is 12.8. The first-order chi connectivity index (χ1) is 6.50. The average molecular weight is 203 g/mol. The Morgan fingerprint density at radius 3 is 2.50 bits per heavy atom. The van der Waals surface area contributed by atoms with E-state index in [1.165, 1.54) is 18.2 Å². The van der Waals surface area contributed by atoms with E-state index >= 15 is 0 Å². The third-order valence-electron chi connectivity index (χ3n) is 2.34. The van der Waals surface area contributed by atoms with E-state index in [2.05, 4.69) is 0 Å². The highest BCUT2D eigenvalue weighted by Gasteiger charge is 2.35. The van der Waals surface area contributed by atoms with Gasteiger partial charge in [0, 0.05) is 0 Å². The molecule has 0 aromatic heterocycles. The van der Waals surface area contributed by atoms with Crippen LogP contribution in [-0.4, -0.2) is 6.43 Å². The van der Waals surface area contributed by atoms with Gasteiger partial charge < -0.3 is 5.73 Å². The molecule has 4 heteroatoms. The highest BCUT2D eigenvalue weighted by Crippen LogP contribution is 2.29. The minimum absolute atomic E-state index is 0.0636. The molecule has 0 heterocycles. The van der Waals surface area contributed by atoms with Crippen molar-refractivity contribution in [2.24, 2.45) is 5.73 Å². The molecule has 1 atom stereocenters. The molecule has 2 N–H and O–H groups in total. The molecule has 1 unspecified atom stereocenters. The number of benzene rings is 1. The fraction of sp³-hybridized carbons (Fsp3) is 0.400. The fourth-order valence-electron chi connectivity index (χ4n) is 1.26. The van der Waals surface area contributed by atoms with Gasteiger partial charge in [-0.1, -0.05) is 19.1 Å². The van der Waals surface area contributed by atoms with Gasteiger partial charge in [-0.15, -0.1) is 0 Å². The molecule has 1 aromatic carbocycles. The van der Waals surface area contributed by atoms with Crippen molar-refractivity contribution in [3.8, 4) is 0 Å². The predicted octanol–water partition coefficient (Wildman–Crippen LogP) is 2.65. The van der Waals surface area contributed by atoms with Crippen molar-refractivity contribution in [3.63, 3.8) is 0 Å². The van der Waals surface area contributed by atoms with E-state index in [4.69, 9.17) is 5.73 Å². The molecule has 0 amide bonds. The molecule has 0 radical (unpaired) electrons. The minimum atomic E-state index is -2.70. The second kappa shape index (κ2) is 4.00. The van der Waals surface area contributed by atoms with Gasteiger partial charge in [0.15, 0.2) is 0 Å². The lowest BCUT2D eigenvalue weighted by molar-refractivity contribution is 0.0492. The summed E-state index contributed by atoms with van der Waals surface area (Å²) in [6.45, 7) is 1.55. The van der Waals surface area contributed by atoms with Gasteiger partial charge >= 0.3 is 0 Å². The molecule has 0 aliphatic rings. The van der Waals surface area contributed by atoms with E-state index in [-0.39, 0.29) is 12.0 Å².